The summed E-state index contributed by atoms with van der Waals surface area (Å²) in [7, 11) is -3.44. The summed E-state index contributed by atoms with van der Waals surface area (Å²) in [6.45, 7) is 0. The second kappa shape index (κ2) is 2.78. The van der Waals surface area contributed by atoms with Crippen molar-refractivity contribution in [1.82, 2.24) is 9.97 Å². The first-order valence-electron chi connectivity index (χ1n) is 3.29. The number of nitrogens with one attached hydrogen (secondary N) is 1. The van der Waals surface area contributed by atoms with Gasteiger partial charge in [0, 0.05) is 11.8 Å². The summed E-state index contributed by atoms with van der Waals surface area (Å²) in [5.74, 6) is 0.304. The third-order valence-electron chi connectivity index (χ3n) is 1.50. The van der Waals surface area contributed by atoms with E-state index < -0.39 is 10.0 Å². The fourth-order valence-corrected chi connectivity index (χ4v) is 2.20. The first-order chi connectivity index (χ1) is 6.09. The highest BCUT2D eigenvalue weighted by atomic mass is 79.9. The van der Waals surface area contributed by atoms with Crippen molar-refractivity contribution in [2.24, 2.45) is 0 Å². The molecule has 1 N–H and O–H groups in total. The molecule has 0 amide bonds. The zero-order valence-corrected chi connectivity index (χ0v) is 8.63. The van der Waals surface area contributed by atoms with Crippen molar-refractivity contribution in [1.29, 1.82) is 0 Å². The van der Waals surface area contributed by atoms with Crippen molar-refractivity contribution in [2.45, 2.75) is 0 Å². The van der Waals surface area contributed by atoms with Gasteiger partial charge in [0.05, 0.1) is 0 Å². The van der Waals surface area contributed by atoms with E-state index in [-0.39, 0.29) is 3.81 Å². The Labute approximate surface area is 83.1 Å². The van der Waals surface area contributed by atoms with Crippen LogP contribution in [0.1, 0.15) is 5.56 Å². The third-order valence-corrected chi connectivity index (χ3v) is 4.10. The van der Waals surface area contributed by atoms with E-state index in [0.29, 0.717) is 11.4 Å². The van der Waals surface area contributed by atoms with Crippen molar-refractivity contribution in [3.8, 4) is 0 Å². The Kier molecular flexibility index (Phi) is 1.85. The van der Waals surface area contributed by atoms with Gasteiger partial charge in [0.25, 0.3) is 10.0 Å². The Morgan fingerprint density at radius 3 is 3.00 bits per heavy atom. The van der Waals surface area contributed by atoms with Crippen LogP contribution in [0.3, 0.4) is 0 Å². The van der Waals surface area contributed by atoms with Crippen LogP contribution < -0.4 is 4.72 Å². The quantitative estimate of drug-likeness (QED) is 0.754. The highest BCUT2D eigenvalue weighted by Crippen LogP contribution is 2.28. The lowest BCUT2D eigenvalue weighted by atomic mass is 10.3. The lowest BCUT2D eigenvalue weighted by Crippen LogP contribution is -2.17. The molecule has 0 radical (unpaired) electrons. The smallest absolute Gasteiger partial charge is 0.262 e. The fraction of sp³-hybridized carbons (Fsp3) is 0. The van der Waals surface area contributed by atoms with Crippen LogP contribution in [0.25, 0.3) is 6.08 Å². The van der Waals surface area contributed by atoms with Gasteiger partial charge in [-0.2, -0.15) is 0 Å². The minimum atomic E-state index is -3.44. The molecule has 0 aromatic carbocycles. The van der Waals surface area contributed by atoms with E-state index in [1.54, 1.807) is 0 Å². The number of sulfonamides is 1. The number of anilines is 1. The lowest BCUT2D eigenvalue weighted by Gasteiger charge is -2.13. The molecular weight excluding hydrogens is 258 g/mol. The molecule has 1 aromatic heterocycles. The maximum atomic E-state index is 11.3. The summed E-state index contributed by atoms with van der Waals surface area (Å²) in [6.07, 6.45) is 4.28. The molecular formula is C6H4BrN3O2S. The molecule has 0 atom stereocenters. The van der Waals surface area contributed by atoms with E-state index >= 15 is 0 Å². The van der Waals surface area contributed by atoms with Crippen molar-refractivity contribution in [2.75, 3.05) is 4.72 Å². The van der Waals surface area contributed by atoms with Crippen LogP contribution in [-0.2, 0) is 10.0 Å². The van der Waals surface area contributed by atoms with Crippen LogP contribution in [-0.4, -0.2) is 18.4 Å². The second-order valence-electron chi connectivity index (χ2n) is 2.38. The second-order valence-corrected chi connectivity index (χ2v) is 5.41. The zero-order valence-electron chi connectivity index (χ0n) is 6.23. The first-order valence-corrected chi connectivity index (χ1v) is 5.57. The predicted octanol–water partition coefficient (Wildman–Crippen LogP) is 0.925. The van der Waals surface area contributed by atoms with Gasteiger partial charge >= 0.3 is 0 Å². The summed E-state index contributed by atoms with van der Waals surface area (Å²) < 4.78 is 24.9. The van der Waals surface area contributed by atoms with E-state index in [4.69, 9.17) is 0 Å². The van der Waals surface area contributed by atoms with E-state index in [1.165, 1.54) is 18.6 Å². The van der Waals surface area contributed by atoms with E-state index in [2.05, 4.69) is 30.6 Å². The molecule has 2 rings (SSSR count). The van der Waals surface area contributed by atoms with Gasteiger partial charge in [0.2, 0.25) is 0 Å². The van der Waals surface area contributed by atoms with Gasteiger partial charge in [-0.3, -0.25) is 4.72 Å². The first kappa shape index (κ1) is 8.64. The fourth-order valence-electron chi connectivity index (χ4n) is 0.907. The molecule has 1 aliphatic heterocycles. The average molecular weight is 262 g/mol. The van der Waals surface area contributed by atoms with Gasteiger partial charge in [-0.15, -0.1) is 0 Å². The monoisotopic (exact) mass is 261 g/mol. The third kappa shape index (κ3) is 1.44. The van der Waals surface area contributed by atoms with Crippen molar-refractivity contribution in [3.05, 3.63) is 21.9 Å². The van der Waals surface area contributed by atoms with Crippen molar-refractivity contribution in [3.63, 3.8) is 0 Å². The normalized spacial score (nSPS) is 18.4. The molecule has 0 unspecified atom stereocenters. The van der Waals surface area contributed by atoms with Crippen LogP contribution in [0.5, 0.6) is 0 Å². The maximum Gasteiger partial charge on any atom is 0.269 e. The molecule has 1 aromatic rings. The molecule has 0 bridgehead atoms. The minimum Gasteiger partial charge on any atom is -0.262 e. The zero-order chi connectivity index (χ0) is 9.47. The highest BCUT2D eigenvalue weighted by Gasteiger charge is 2.22. The summed E-state index contributed by atoms with van der Waals surface area (Å²) in [5, 5.41) is 0. The summed E-state index contributed by atoms with van der Waals surface area (Å²) >= 11 is 2.93. The number of hydrogen-bond acceptors (Lipinski definition) is 4. The van der Waals surface area contributed by atoms with Gasteiger partial charge in [-0.25, -0.2) is 18.4 Å². The standard InChI is InChI=1S/C6H4BrN3O2S/c7-5-1-4-2-8-3-9-6(4)10-13(5,11)12/h1-3H,(H,8,9,10). The van der Waals surface area contributed by atoms with Crippen LogP contribution in [0.2, 0.25) is 0 Å². The van der Waals surface area contributed by atoms with E-state index in [9.17, 15) is 8.42 Å². The molecule has 68 valence electrons. The topological polar surface area (TPSA) is 72.0 Å². The molecule has 13 heavy (non-hydrogen) atoms. The van der Waals surface area contributed by atoms with Gasteiger partial charge in [-0.05, 0) is 22.0 Å². The Bertz CT molecular complexity index is 482. The molecule has 0 fully saturated rings. The SMILES string of the molecule is O=S1(=O)Nc2ncncc2C=C1Br. The predicted molar refractivity (Wildman–Crippen MR) is 51.5 cm³/mol. The van der Waals surface area contributed by atoms with E-state index in [0.717, 1.165) is 0 Å². The van der Waals surface area contributed by atoms with Crippen LogP contribution >= 0.6 is 15.9 Å². The Morgan fingerprint density at radius 2 is 2.23 bits per heavy atom. The molecule has 1 aliphatic rings. The summed E-state index contributed by atoms with van der Waals surface area (Å²) in [4.78, 5) is 7.55. The van der Waals surface area contributed by atoms with Crippen molar-refractivity contribution < 1.29 is 8.42 Å². The highest BCUT2D eigenvalue weighted by molar-refractivity contribution is 9.13. The minimum absolute atomic E-state index is 0.0855. The van der Waals surface area contributed by atoms with Gasteiger partial charge in [-0.1, -0.05) is 0 Å². The van der Waals surface area contributed by atoms with Gasteiger partial charge in [0.15, 0.2) is 5.82 Å². The van der Waals surface area contributed by atoms with Gasteiger partial charge < -0.3 is 0 Å². The van der Waals surface area contributed by atoms with Crippen LogP contribution in [0.15, 0.2) is 16.3 Å². The number of nitrogens with zero attached hydrogens (tertiary/aromatic N) is 2. The molecule has 0 saturated heterocycles. The summed E-state index contributed by atoms with van der Waals surface area (Å²) in [6, 6.07) is 0. The van der Waals surface area contributed by atoms with Gasteiger partial charge in [0.1, 0.15) is 10.1 Å². The van der Waals surface area contributed by atoms with Crippen LogP contribution in [0, 0.1) is 0 Å². The lowest BCUT2D eigenvalue weighted by molar-refractivity contribution is 0.608. The number of hydrogen-bond donors (Lipinski definition) is 1. The number of fused-ring (bicyclic) bond motifs is 1. The molecule has 0 saturated carbocycles. The van der Waals surface area contributed by atoms with Crippen molar-refractivity contribution >= 4 is 37.8 Å². The Morgan fingerprint density at radius 1 is 1.46 bits per heavy atom. The summed E-state index contributed by atoms with van der Waals surface area (Å²) in [5.41, 5.74) is 0.643. The molecule has 5 nitrogen and oxygen atoms in total. The molecule has 7 heteroatoms. The number of aromatic nitrogens is 2. The average Bonchev–Trinajstić information content (AvgIpc) is 2.06. The largest absolute Gasteiger partial charge is 0.269 e. The molecule has 2 heterocycles. The Balaban J connectivity index is 2.66. The number of rotatable bonds is 0. The van der Waals surface area contributed by atoms with E-state index in [1.807, 2.05) is 0 Å². The Hall–Kier alpha value is -0.950. The maximum absolute atomic E-state index is 11.3. The molecule has 0 aliphatic carbocycles. The number of halogens is 1. The molecule has 0 spiro atoms. The van der Waals surface area contributed by atoms with Crippen LogP contribution in [0.4, 0.5) is 5.82 Å².